The molecule has 2 aromatic rings. The van der Waals surface area contributed by atoms with Crippen LogP contribution >= 0.6 is 11.3 Å². The zero-order valence-electron chi connectivity index (χ0n) is 11.6. The summed E-state index contributed by atoms with van der Waals surface area (Å²) < 4.78 is 1.75. The molecular weight excluding hydrogens is 272 g/mol. The van der Waals surface area contributed by atoms with Gasteiger partial charge in [0.25, 0.3) is 0 Å². The van der Waals surface area contributed by atoms with Crippen molar-refractivity contribution < 1.29 is 0 Å². The lowest BCUT2D eigenvalue weighted by atomic mass is 9.98. The van der Waals surface area contributed by atoms with E-state index in [0.29, 0.717) is 5.92 Å². The Labute approximate surface area is 121 Å². The Kier molecular flexibility index (Phi) is 2.94. The van der Waals surface area contributed by atoms with Crippen molar-refractivity contribution in [2.75, 3.05) is 18.0 Å². The number of hydrogen-bond acceptors (Lipinski definition) is 6. The van der Waals surface area contributed by atoms with Gasteiger partial charge in [-0.05, 0) is 42.5 Å². The van der Waals surface area contributed by atoms with E-state index >= 15 is 0 Å². The highest BCUT2D eigenvalue weighted by atomic mass is 32.1. The van der Waals surface area contributed by atoms with E-state index in [1.54, 1.807) is 9.56 Å². The lowest BCUT2D eigenvalue weighted by Gasteiger charge is -2.30. The summed E-state index contributed by atoms with van der Waals surface area (Å²) in [4.78, 5) is 8.69. The first-order valence-corrected chi connectivity index (χ1v) is 8.08. The van der Waals surface area contributed by atoms with Crippen molar-refractivity contribution in [3.05, 3.63) is 15.6 Å². The fourth-order valence-electron chi connectivity index (χ4n) is 3.20. The first-order valence-electron chi connectivity index (χ1n) is 7.27. The van der Waals surface area contributed by atoms with Crippen molar-refractivity contribution in [3.8, 4) is 0 Å². The maximum Gasteiger partial charge on any atom is 0.245 e. The van der Waals surface area contributed by atoms with E-state index in [9.17, 15) is 0 Å². The predicted molar refractivity (Wildman–Crippen MR) is 77.1 cm³/mol. The molecule has 0 amide bonds. The lowest BCUT2D eigenvalue weighted by molar-refractivity contribution is 0.491. The Morgan fingerprint density at radius 3 is 2.75 bits per heavy atom. The van der Waals surface area contributed by atoms with E-state index in [0.717, 1.165) is 31.9 Å². The van der Waals surface area contributed by atoms with Crippen LogP contribution in [0.25, 0.3) is 0 Å². The second kappa shape index (κ2) is 4.80. The molecule has 1 fully saturated rings. The highest BCUT2D eigenvalue weighted by molar-refractivity contribution is 7.11. The third kappa shape index (κ3) is 2.00. The van der Waals surface area contributed by atoms with E-state index in [1.807, 2.05) is 18.4 Å². The standard InChI is InChI=1S/C13H18N6S/c1-18-13(15-16-17-18)19-7-5-9(6-8-19)12-14-10-3-2-4-11(10)20-12/h9H,2-8H2,1H3. The van der Waals surface area contributed by atoms with Crippen molar-refractivity contribution in [1.82, 2.24) is 25.2 Å². The summed E-state index contributed by atoms with van der Waals surface area (Å²) in [6, 6.07) is 0. The number of rotatable bonds is 2. The maximum atomic E-state index is 4.87. The molecule has 106 valence electrons. The SMILES string of the molecule is Cn1nnnc1N1CCC(c2nc3c(s2)CCC3)CC1. The summed E-state index contributed by atoms with van der Waals surface area (Å²) in [5, 5.41) is 13.1. The first kappa shape index (κ1) is 12.3. The summed E-state index contributed by atoms with van der Waals surface area (Å²) in [5.41, 5.74) is 1.38. The average Bonchev–Trinajstić information content (AvgIpc) is 3.13. The predicted octanol–water partition coefficient (Wildman–Crippen LogP) is 1.54. The normalized spacial score (nSPS) is 19.6. The van der Waals surface area contributed by atoms with Crippen LogP contribution in [0.5, 0.6) is 0 Å². The molecule has 7 heteroatoms. The van der Waals surface area contributed by atoms with Gasteiger partial charge in [-0.1, -0.05) is 5.10 Å². The summed E-state index contributed by atoms with van der Waals surface area (Å²) in [6.07, 6.45) is 6.04. The Hall–Kier alpha value is -1.50. The fraction of sp³-hybridized carbons (Fsp3) is 0.692. The summed E-state index contributed by atoms with van der Waals surface area (Å²) in [7, 11) is 1.90. The second-order valence-electron chi connectivity index (χ2n) is 5.64. The third-order valence-corrected chi connectivity index (χ3v) is 5.66. The van der Waals surface area contributed by atoms with Crippen LogP contribution in [0.2, 0.25) is 0 Å². The second-order valence-corrected chi connectivity index (χ2v) is 6.75. The van der Waals surface area contributed by atoms with E-state index < -0.39 is 0 Å². The van der Waals surface area contributed by atoms with Gasteiger partial charge < -0.3 is 4.90 Å². The van der Waals surface area contributed by atoms with E-state index in [1.165, 1.54) is 30.0 Å². The van der Waals surface area contributed by atoms with Crippen molar-refractivity contribution >= 4 is 17.3 Å². The van der Waals surface area contributed by atoms with Gasteiger partial charge in [0.1, 0.15) is 0 Å². The molecule has 4 rings (SSSR count). The lowest BCUT2D eigenvalue weighted by Crippen LogP contribution is -2.34. The summed E-state index contributed by atoms with van der Waals surface area (Å²) in [5.74, 6) is 1.51. The number of fused-ring (bicyclic) bond motifs is 1. The van der Waals surface area contributed by atoms with Crippen LogP contribution in [0, 0.1) is 0 Å². The van der Waals surface area contributed by atoms with Gasteiger partial charge in [-0.2, -0.15) is 0 Å². The zero-order valence-corrected chi connectivity index (χ0v) is 12.4. The van der Waals surface area contributed by atoms with Crippen LogP contribution in [-0.4, -0.2) is 38.3 Å². The minimum Gasteiger partial charge on any atom is -0.340 e. The smallest absolute Gasteiger partial charge is 0.245 e. The highest BCUT2D eigenvalue weighted by Gasteiger charge is 2.27. The number of piperidine rings is 1. The van der Waals surface area contributed by atoms with Crippen LogP contribution < -0.4 is 4.90 Å². The summed E-state index contributed by atoms with van der Waals surface area (Å²) in [6.45, 7) is 2.03. The molecule has 0 bridgehead atoms. The minimum absolute atomic E-state index is 0.628. The Bertz CT molecular complexity index is 589. The highest BCUT2D eigenvalue weighted by Crippen LogP contribution is 2.36. The molecular formula is C13H18N6S. The molecule has 1 aliphatic heterocycles. The molecule has 0 atom stereocenters. The molecule has 1 saturated heterocycles. The average molecular weight is 290 g/mol. The number of thiazole rings is 1. The van der Waals surface area contributed by atoms with Gasteiger partial charge in [-0.25, -0.2) is 9.67 Å². The van der Waals surface area contributed by atoms with Gasteiger partial charge in [0.15, 0.2) is 0 Å². The molecule has 2 aromatic heterocycles. The van der Waals surface area contributed by atoms with Crippen LogP contribution in [0.15, 0.2) is 0 Å². The monoisotopic (exact) mass is 290 g/mol. The van der Waals surface area contributed by atoms with Gasteiger partial charge >= 0.3 is 0 Å². The maximum absolute atomic E-state index is 4.87. The molecule has 1 aliphatic carbocycles. The number of nitrogens with zero attached hydrogens (tertiary/aromatic N) is 6. The van der Waals surface area contributed by atoms with Crippen LogP contribution in [0.3, 0.4) is 0 Å². The van der Waals surface area contributed by atoms with Crippen LogP contribution in [0.1, 0.15) is 40.8 Å². The zero-order chi connectivity index (χ0) is 13.5. The van der Waals surface area contributed by atoms with Gasteiger partial charge in [0.05, 0.1) is 10.7 Å². The molecule has 0 radical (unpaired) electrons. The number of aryl methyl sites for hydroxylation is 3. The van der Waals surface area contributed by atoms with Gasteiger partial charge in [0, 0.05) is 30.9 Å². The third-order valence-electron chi connectivity index (χ3n) is 4.34. The molecule has 6 nitrogen and oxygen atoms in total. The molecule has 0 aromatic carbocycles. The van der Waals surface area contributed by atoms with Gasteiger partial charge in [-0.3, -0.25) is 0 Å². The Morgan fingerprint density at radius 2 is 2.05 bits per heavy atom. The number of aromatic nitrogens is 5. The molecule has 0 unspecified atom stereocenters. The van der Waals surface area contributed by atoms with Crippen LogP contribution in [0.4, 0.5) is 5.95 Å². The quantitative estimate of drug-likeness (QED) is 0.839. The van der Waals surface area contributed by atoms with E-state index in [4.69, 9.17) is 4.98 Å². The Morgan fingerprint density at radius 1 is 1.20 bits per heavy atom. The van der Waals surface area contributed by atoms with Crippen molar-refractivity contribution in [1.29, 1.82) is 0 Å². The van der Waals surface area contributed by atoms with Gasteiger partial charge in [0.2, 0.25) is 5.95 Å². The molecule has 0 N–H and O–H groups in total. The largest absolute Gasteiger partial charge is 0.340 e. The number of anilines is 1. The molecule has 2 aliphatic rings. The fourth-order valence-corrected chi connectivity index (χ4v) is 4.53. The number of hydrogen-bond donors (Lipinski definition) is 0. The first-order chi connectivity index (χ1) is 9.81. The Balaban J connectivity index is 1.45. The van der Waals surface area contributed by atoms with Crippen molar-refractivity contribution in [3.63, 3.8) is 0 Å². The minimum atomic E-state index is 0.628. The van der Waals surface area contributed by atoms with E-state index in [-0.39, 0.29) is 0 Å². The number of tetrazole rings is 1. The van der Waals surface area contributed by atoms with Crippen molar-refractivity contribution in [2.24, 2.45) is 7.05 Å². The molecule has 0 spiro atoms. The molecule has 3 heterocycles. The van der Waals surface area contributed by atoms with Gasteiger partial charge in [-0.15, -0.1) is 11.3 Å². The van der Waals surface area contributed by atoms with Crippen LogP contribution in [-0.2, 0) is 19.9 Å². The van der Waals surface area contributed by atoms with Crippen molar-refractivity contribution in [2.45, 2.75) is 38.0 Å². The molecule has 0 saturated carbocycles. The molecule has 20 heavy (non-hydrogen) atoms. The summed E-state index contributed by atoms with van der Waals surface area (Å²) >= 11 is 1.96. The topological polar surface area (TPSA) is 59.7 Å². The van der Waals surface area contributed by atoms with E-state index in [2.05, 4.69) is 20.4 Å².